The van der Waals surface area contributed by atoms with Gasteiger partial charge < -0.3 is 15.4 Å². The van der Waals surface area contributed by atoms with Crippen LogP contribution in [0.4, 0.5) is 10.6 Å². The van der Waals surface area contributed by atoms with Gasteiger partial charge in [0.2, 0.25) is 5.91 Å². The zero-order valence-electron chi connectivity index (χ0n) is 16.3. The van der Waals surface area contributed by atoms with Gasteiger partial charge in [0.05, 0.1) is 0 Å². The van der Waals surface area contributed by atoms with E-state index in [9.17, 15) is 9.59 Å². The Labute approximate surface area is 164 Å². The first-order valence-electron chi connectivity index (χ1n) is 9.02. The Morgan fingerprint density at radius 2 is 1.96 bits per heavy atom. The fraction of sp³-hybridized carbons (Fsp3) is 0.632. The number of amides is 2. The summed E-state index contributed by atoms with van der Waals surface area (Å²) < 4.78 is 6.11. The Kier molecular flexibility index (Phi) is 9.05. The topological polar surface area (TPSA) is 80.3 Å². The van der Waals surface area contributed by atoms with Crippen molar-refractivity contribution >= 4 is 33.7 Å². The molecule has 0 aliphatic rings. The number of carbonyl (C=O) groups is 2. The van der Waals surface area contributed by atoms with Gasteiger partial charge in [-0.1, -0.05) is 33.1 Å². The van der Waals surface area contributed by atoms with E-state index in [-0.39, 0.29) is 5.91 Å². The van der Waals surface area contributed by atoms with Crippen LogP contribution in [0, 0.1) is 5.92 Å². The predicted octanol–water partition coefficient (Wildman–Crippen LogP) is 4.89. The highest BCUT2D eigenvalue weighted by Crippen LogP contribution is 2.15. The van der Waals surface area contributed by atoms with Gasteiger partial charge in [0, 0.05) is 10.7 Å². The second kappa shape index (κ2) is 10.5. The summed E-state index contributed by atoms with van der Waals surface area (Å²) in [5.74, 6) is 0.735. The van der Waals surface area contributed by atoms with E-state index in [4.69, 9.17) is 4.74 Å². The highest BCUT2D eigenvalue weighted by atomic mass is 79.9. The van der Waals surface area contributed by atoms with E-state index in [1.807, 2.05) is 0 Å². The molecule has 6 nitrogen and oxygen atoms in total. The van der Waals surface area contributed by atoms with Crippen LogP contribution in [-0.2, 0) is 9.53 Å². The van der Waals surface area contributed by atoms with Crippen molar-refractivity contribution < 1.29 is 14.3 Å². The summed E-state index contributed by atoms with van der Waals surface area (Å²) in [6.45, 7) is 9.69. The fourth-order valence-corrected chi connectivity index (χ4v) is 2.49. The molecule has 7 heteroatoms. The van der Waals surface area contributed by atoms with Gasteiger partial charge in [-0.05, 0) is 61.2 Å². The normalized spacial score (nSPS) is 13.6. The Morgan fingerprint density at radius 3 is 2.50 bits per heavy atom. The van der Waals surface area contributed by atoms with Crippen LogP contribution >= 0.6 is 15.9 Å². The molecule has 0 spiro atoms. The molecule has 0 aromatic carbocycles. The summed E-state index contributed by atoms with van der Waals surface area (Å²) >= 11 is 3.31. The summed E-state index contributed by atoms with van der Waals surface area (Å²) in [5.41, 5.74) is -0.616. The first-order valence-corrected chi connectivity index (χ1v) is 9.82. The number of nitrogens with one attached hydrogen (secondary N) is 2. The van der Waals surface area contributed by atoms with E-state index in [1.54, 1.807) is 39.1 Å². The third-order valence-corrected chi connectivity index (χ3v) is 4.34. The zero-order chi connectivity index (χ0) is 19.7. The highest BCUT2D eigenvalue weighted by molar-refractivity contribution is 9.10. The lowest BCUT2D eigenvalue weighted by Gasteiger charge is -2.23. The number of anilines is 1. The molecule has 0 aliphatic carbocycles. The zero-order valence-corrected chi connectivity index (χ0v) is 17.9. The summed E-state index contributed by atoms with van der Waals surface area (Å²) in [6.07, 6.45) is 4.51. The van der Waals surface area contributed by atoms with E-state index < -0.39 is 17.7 Å². The second-order valence-electron chi connectivity index (χ2n) is 7.49. The largest absolute Gasteiger partial charge is 0.444 e. The minimum atomic E-state index is -0.667. The molecule has 1 aromatic rings. The number of hydrogen-bond acceptors (Lipinski definition) is 4. The summed E-state index contributed by atoms with van der Waals surface area (Å²) in [5, 5.41) is 5.43. The number of halogens is 1. The molecule has 2 unspecified atom stereocenters. The van der Waals surface area contributed by atoms with Crippen molar-refractivity contribution in [1.29, 1.82) is 0 Å². The van der Waals surface area contributed by atoms with Gasteiger partial charge in [-0.25, -0.2) is 9.78 Å². The van der Waals surface area contributed by atoms with Crippen LogP contribution in [0.15, 0.2) is 22.8 Å². The lowest BCUT2D eigenvalue weighted by Crippen LogP contribution is -2.45. The summed E-state index contributed by atoms with van der Waals surface area (Å²) in [7, 11) is 0. The Balaban J connectivity index is 2.72. The maximum absolute atomic E-state index is 12.6. The molecule has 1 aromatic heterocycles. The number of carbonyl (C=O) groups excluding carboxylic acids is 2. The van der Waals surface area contributed by atoms with Crippen LogP contribution < -0.4 is 10.6 Å². The van der Waals surface area contributed by atoms with Crippen molar-refractivity contribution in [3.05, 3.63) is 22.8 Å². The van der Waals surface area contributed by atoms with Crippen molar-refractivity contribution in [2.75, 3.05) is 5.32 Å². The van der Waals surface area contributed by atoms with Crippen LogP contribution in [0.2, 0.25) is 0 Å². The number of rotatable bonds is 8. The Bertz CT molecular complexity index is 585. The van der Waals surface area contributed by atoms with Crippen LogP contribution in [0.25, 0.3) is 0 Å². The molecule has 26 heavy (non-hydrogen) atoms. The van der Waals surface area contributed by atoms with Gasteiger partial charge in [0.1, 0.15) is 17.5 Å². The Hall–Kier alpha value is -1.63. The minimum absolute atomic E-state index is 0.296. The minimum Gasteiger partial charge on any atom is -0.444 e. The molecule has 0 aliphatic heterocycles. The standard InChI is InChI=1S/C19H30BrN3O3/c1-6-13(2)8-7-9-15(22-18(25)26-19(3,4)5)17(24)23-16-11-10-14(20)12-21-16/h10-13,15H,6-9H2,1-5H3,(H,22,25)(H,21,23,24). The molecule has 0 bridgehead atoms. The van der Waals surface area contributed by atoms with Crippen molar-refractivity contribution in [3.63, 3.8) is 0 Å². The van der Waals surface area contributed by atoms with Crippen LogP contribution in [-0.4, -0.2) is 28.6 Å². The van der Waals surface area contributed by atoms with Gasteiger partial charge in [-0.15, -0.1) is 0 Å². The number of hydrogen-bond donors (Lipinski definition) is 2. The van der Waals surface area contributed by atoms with Crippen LogP contribution in [0.3, 0.4) is 0 Å². The van der Waals surface area contributed by atoms with E-state index in [1.165, 1.54) is 0 Å². The molecule has 2 amide bonds. The molecule has 146 valence electrons. The maximum Gasteiger partial charge on any atom is 0.408 e. The number of nitrogens with zero attached hydrogens (tertiary/aromatic N) is 1. The molecule has 0 fully saturated rings. The molecule has 2 N–H and O–H groups in total. The second-order valence-corrected chi connectivity index (χ2v) is 8.41. The average molecular weight is 428 g/mol. The third kappa shape index (κ3) is 9.17. The smallest absolute Gasteiger partial charge is 0.408 e. The average Bonchev–Trinajstić information content (AvgIpc) is 2.54. The van der Waals surface area contributed by atoms with Crippen molar-refractivity contribution in [1.82, 2.24) is 10.3 Å². The van der Waals surface area contributed by atoms with E-state index in [0.29, 0.717) is 18.2 Å². The first kappa shape index (κ1) is 22.4. The molecule has 0 saturated carbocycles. The van der Waals surface area contributed by atoms with Gasteiger partial charge in [0.15, 0.2) is 0 Å². The molecule has 0 radical (unpaired) electrons. The number of aromatic nitrogens is 1. The monoisotopic (exact) mass is 427 g/mol. The van der Waals surface area contributed by atoms with Gasteiger partial charge in [-0.2, -0.15) is 0 Å². The molecular weight excluding hydrogens is 398 g/mol. The summed E-state index contributed by atoms with van der Waals surface area (Å²) in [4.78, 5) is 28.8. The predicted molar refractivity (Wildman–Crippen MR) is 107 cm³/mol. The van der Waals surface area contributed by atoms with Crippen LogP contribution in [0.1, 0.15) is 60.3 Å². The van der Waals surface area contributed by atoms with Crippen molar-refractivity contribution in [3.8, 4) is 0 Å². The van der Waals surface area contributed by atoms with E-state index in [2.05, 4.69) is 45.4 Å². The molecule has 0 saturated heterocycles. The van der Waals surface area contributed by atoms with Crippen molar-refractivity contribution in [2.24, 2.45) is 5.92 Å². The molecule has 1 heterocycles. The molecular formula is C19H30BrN3O3. The fourth-order valence-electron chi connectivity index (χ4n) is 2.26. The maximum atomic E-state index is 12.6. The third-order valence-electron chi connectivity index (χ3n) is 3.87. The number of pyridine rings is 1. The quantitative estimate of drug-likeness (QED) is 0.618. The highest BCUT2D eigenvalue weighted by Gasteiger charge is 2.24. The number of alkyl carbamates (subject to hydrolysis) is 1. The van der Waals surface area contributed by atoms with E-state index in [0.717, 1.165) is 23.7 Å². The first-order chi connectivity index (χ1) is 12.1. The van der Waals surface area contributed by atoms with Gasteiger partial charge in [0.25, 0.3) is 0 Å². The van der Waals surface area contributed by atoms with E-state index >= 15 is 0 Å². The van der Waals surface area contributed by atoms with Gasteiger partial charge >= 0.3 is 6.09 Å². The van der Waals surface area contributed by atoms with Crippen molar-refractivity contribution in [2.45, 2.75) is 71.9 Å². The Morgan fingerprint density at radius 1 is 1.27 bits per heavy atom. The van der Waals surface area contributed by atoms with Gasteiger partial charge in [-0.3, -0.25) is 4.79 Å². The SMILES string of the molecule is CCC(C)CCCC(NC(=O)OC(C)(C)C)C(=O)Nc1ccc(Br)cn1. The lowest BCUT2D eigenvalue weighted by atomic mass is 9.99. The molecule has 2 atom stereocenters. The summed E-state index contributed by atoms with van der Waals surface area (Å²) in [6, 6.07) is 2.83. The molecule has 1 rings (SSSR count). The lowest BCUT2D eigenvalue weighted by molar-refractivity contribution is -0.118. The number of ether oxygens (including phenoxy) is 1. The van der Waals surface area contributed by atoms with Crippen LogP contribution in [0.5, 0.6) is 0 Å².